The minimum atomic E-state index is -0.618. The summed E-state index contributed by atoms with van der Waals surface area (Å²) in [6.45, 7) is 0.367. The van der Waals surface area contributed by atoms with Gasteiger partial charge in [0.05, 0.1) is 12.8 Å². The van der Waals surface area contributed by atoms with Gasteiger partial charge in [0.15, 0.2) is 0 Å². The van der Waals surface area contributed by atoms with E-state index < -0.39 is 6.04 Å². The van der Waals surface area contributed by atoms with Crippen molar-refractivity contribution in [3.05, 3.63) is 60.1 Å². The van der Waals surface area contributed by atoms with Gasteiger partial charge < -0.3 is 14.6 Å². The molecular formula is C15H14N2O3. The van der Waals surface area contributed by atoms with Crippen molar-refractivity contribution < 1.29 is 14.0 Å². The van der Waals surface area contributed by atoms with Crippen LogP contribution in [0.3, 0.4) is 0 Å². The quantitative estimate of drug-likeness (QED) is 0.919. The van der Waals surface area contributed by atoms with Gasteiger partial charge in [-0.3, -0.25) is 9.59 Å². The van der Waals surface area contributed by atoms with E-state index in [0.717, 1.165) is 5.56 Å². The Labute approximate surface area is 116 Å². The monoisotopic (exact) mass is 270 g/mol. The van der Waals surface area contributed by atoms with Gasteiger partial charge in [-0.1, -0.05) is 30.3 Å². The molecule has 1 fully saturated rings. The van der Waals surface area contributed by atoms with Crippen LogP contribution in [0.15, 0.2) is 53.1 Å². The number of carbonyl (C=O) groups excluding carboxylic acids is 2. The zero-order valence-electron chi connectivity index (χ0n) is 10.8. The van der Waals surface area contributed by atoms with E-state index in [1.807, 2.05) is 30.3 Å². The lowest BCUT2D eigenvalue weighted by molar-refractivity contribution is -0.145. The summed E-state index contributed by atoms with van der Waals surface area (Å²) in [6, 6.07) is 12.2. The standard InChI is InChI=1S/C15H14N2O3/c18-13-10-17(9-12-7-4-8-20-12)15(19)14(16-13)11-5-2-1-3-6-11/h1-8,14H,9-10H2,(H,16,18). The largest absolute Gasteiger partial charge is 0.467 e. The van der Waals surface area contributed by atoms with Crippen LogP contribution in [-0.2, 0) is 16.1 Å². The first-order valence-corrected chi connectivity index (χ1v) is 6.39. The second-order valence-corrected chi connectivity index (χ2v) is 4.68. The van der Waals surface area contributed by atoms with Crippen LogP contribution in [0.25, 0.3) is 0 Å². The highest BCUT2D eigenvalue weighted by molar-refractivity contribution is 5.95. The Morgan fingerprint density at radius 3 is 2.65 bits per heavy atom. The second kappa shape index (κ2) is 5.21. The van der Waals surface area contributed by atoms with Crippen molar-refractivity contribution >= 4 is 11.8 Å². The average Bonchev–Trinajstić information content (AvgIpc) is 2.96. The molecular weight excluding hydrogens is 256 g/mol. The van der Waals surface area contributed by atoms with E-state index in [1.165, 1.54) is 4.90 Å². The van der Waals surface area contributed by atoms with Gasteiger partial charge in [0.25, 0.3) is 5.91 Å². The molecule has 3 rings (SSSR count). The number of carbonyl (C=O) groups is 2. The molecule has 1 aliphatic rings. The summed E-state index contributed by atoms with van der Waals surface area (Å²) in [4.78, 5) is 25.8. The zero-order valence-corrected chi connectivity index (χ0v) is 10.8. The molecule has 0 radical (unpaired) electrons. The van der Waals surface area contributed by atoms with Gasteiger partial charge in [0, 0.05) is 0 Å². The van der Waals surface area contributed by atoms with Gasteiger partial charge in [-0.05, 0) is 17.7 Å². The molecule has 1 unspecified atom stereocenters. The SMILES string of the molecule is O=C1CN(Cc2ccco2)C(=O)C(c2ccccc2)N1. The number of furan rings is 1. The lowest BCUT2D eigenvalue weighted by Crippen LogP contribution is -2.52. The van der Waals surface area contributed by atoms with E-state index in [0.29, 0.717) is 12.3 Å². The summed E-state index contributed by atoms with van der Waals surface area (Å²) in [5, 5.41) is 2.73. The molecule has 0 aliphatic carbocycles. The first-order chi connectivity index (χ1) is 9.74. The minimum absolute atomic E-state index is 0.0584. The maximum absolute atomic E-state index is 12.5. The second-order valence-electron chi connectivity index (χ2n) is 4.68. The maximum atomic E-state index is 12.5. The summed E-state index contributed by atoms with van der Waals surface area (Å²) in [5.41, 5.74) is 0.787. The molecule has 1 aromatic carbocycles. The summed E-state index contributed by atoms with van der Waals surface area (Å²) in [6.07, 6.45) is 1.55. The topological polar surface area (TPSA) is 62.6 Å². The molecule has 5 heteroatoms. The molecule has 1 saturated heterocycles. The first kappa shape index (κ1) is 12.5. The number of hydrogen-bond donors (Lipinski definition) is 1. The summed E-state index contributed by atoms with van der Waals surface area (Å²) in [7, 11) is 0. The van der Waals surface area contributed by atoms with E-state index in [9.17, 15) is 9.59 Å². The Kier molecular flexibility index (Phi) is 3.25. The van der Waals surface area contributed by atoms with Crippen molar-refractivity contribution in [2.24, 2.45) is 0 Å². The molecule has 0 spiro atoms. The van der Waals surface area contributed by atoms with Gasteiger partial charge >= 0.3 is 0 Å². The smallest absolute Gasteiger partial charge is 0.250 e. The van der Waals surface area contributed by atoms with E-state index in [4.69, 9.17) is 4.42 Å². The lowest BCUT2D eigenvalue weighted by atomic mass is 10.0. The highest BCUT2D eigenvalue weighted by Crippen LogP contribution is 2.20. The Bertz CT molecular complexity index is 607. The van der Waals surface area contributed by atoms with Crippen LogP contribution >= 0.6 is 0 Å². The lowest BCUT2D eigenvalue weighted by Gasteiger charge is -2.32. The number of hydrogen-bond acceptors (Lipinski definition) is 3. The van der Waals surface area contributed by atoms with Crippen molar-refractivity contribution in [1.82, 2.24) is 10.2 Å². The molecule has 1 aliphatic heterocycles. The summed E-state index contributed by atoms with van der Waals surface area (Å²) in [5.74, 6) is 0.386. The molecule has 1 aromatic heterocycles. The van der Waals surface area contributed by atoms with E-state index in [1.54, 1.807) is 18.4 Å². The highest BCUT2D eigenvalue weighted by Gasteiger charge is 2.33. The Morgan fingerprint density at radius 2 is 1.95 bits per heavy atom. The number of nitrogens with one attached hydrogen (secondary N) is 1. The number of piperazine rings is 1. The summed E-state index contributed by atoms with van der Waals surface area (Å²) < 4.78 is 5.24. The van der Waals surface area contributed by atoms with E-state index >= 15 is 0 Å². The zero-order chi connectivity index (χ0) is 13.9. The third-order valence-corrected chi connectivity index (χ3v) is 3.26. The van der Waals surface area contributed by atoms with Crippen molar-refractivity contribution in [2.75, 3.05) is 6.54 Å². The van der Waals surface area contributed by atoms with Crippen LogP contribution in [0, 0.1) is 0 Å². The normalized spacial score (nSPS) is 19.0. The number of nitrogens with zero attached hydrogens (tertiary/aromatic N) is 1. The fraction of sp³-hybridized carbons (Fsp3) is 0.200. The molecule has 102 valence electrons. The molecule has 2 amide bonds. The van der Waals surface area contributed by atoms with Gasteiger partial charge in [0.1, 0.15) is 18.3 Å². The van der Waals surface area contributed by atoms with Crippen molar-refractivity contribution in [1.29, 1.82) is 0 Å². The van der Waals surface area contributed by atoms with Gasteiger partial charge in [-0.2, -0.15) is 0 Å². The Hall–Kier alpha value is -2.56. The van der Waals surface area contributed by atoms with Crippen molar-refractivity contribution in [3.63, 3.8) is 0 Å². The number of amides is 2. The molecule has 0 saturated carbocycles. The van der Waals surface area contributed by atoms with Crippen LogP contribution in [0.4, 0.5) is 0 Å². The van der Waals surface area contributed by atoms with Crippen LogP contribution < -0.4 is 5.32 Å². The van der Waals surface area contributed by atoms with Crippen molar-refractivity contribution in [2.45, 2.75) is 12.6 Å². The molecule has 20 heavy (non-hydrogen) atoms. The van der Waals surface area contributed by atoms with E-state index in [2.05, 4.69) is 5.32 Å². The average molecular weight is 270 g/mol. The number of rotatable bonds is 3. The van der Waals surface area contributed by atoms with Gasteiger partial charge in [0.2, 0.25) is 5.91 Å². The van der Waals surface area contributed by atoms with Crippen LogP contribution in [-0.4, -0.2) is 23.3 Å². The fourth-order valence-electron chi connectivity index (χ4n) is 2.30. The molecule has 2 heterocycles. The summed E-state index contributed by atoms with van der Waals surface area (Å²) >= 11 is 0. The molecule has 2 aromatic rings. The fourth-order valence-corrected chi connectivity index (χ4v) is 2.30. The van der Waals surface area contributed by atoms with Crippen molar-refractivity contribution in [3.8, 4) is 0 Å². The third-order valence-electron chi connectivity index (χ3n) is 3.26. The molecule has 1 atom stereocenters. The minimum Gasteiger partial charge on any atom is -0.467 e. The van der Waals surface area contributed by atoms with Gasteiger partial charge in [-0.15, -0.1) is 0 Å². The third kappa shape index (κ3) is 2.42. The predicted molar refractivity (Wildman–Crippen MR) is 71.5 cm³/mol. The number of benzene rings is 1. The highest BCUT2D eigenvalue weighted by atomic mass is 16.3. The van der Waals surface area contributed by atoms with Crippen LogP contribution in [0.2, 0.25) is 0 Å². The van der Waals surface area contributed by atoms with Crippen LogP contribution in [0.1, 0.15) is 17.4 Å². The molecule has 1 N–H and O–H groups in total. The first-order valence-electron chi connectivity index (χ1n) is 6.39. The molecule has 0 bridgehead atoms. The van der Waals surface area contributed by atoms with E-state index in [-0.39, 0.29) is 18.4 Å². The van der Waals surface area contributed by atoms with Gasteiger partial charge in [-0.25, -0.2) is 0 Å². The van der Waals surface area contributed by atoms with Crippen LogP contribution in [0.5, 0.6) is 0 Å². The Morgan fingerprint density at radius 1 is 1.15 bits per heavy atom. The Balaban J connectivity index is 1.82. The maximum Gasteiger partial charge on any atom is 0.250 e. The molecule has 5 nitrogen and oxygen atoms in total. The predicted octanol–water partition coefficient (Wildman–Crippen LogP) is 1.48.